The fourth-order valence-electron chi connectivity index (χ4n) is 2.49. The standard InChI is InChI=1S/C17H14F4N2O2/c18-14-6-2-1-4-11(14)8-15(24)23-9-12(10-23)25-16-13(17(19,20)21)5-3-7-22-16/h1-7,12H,8-10H2. The molecule has 0 unspecified atom stereocenters. The van der Waals surface area contributed by atoms with Crippen LogP contribution in [0.5, 0.6) is 5.88 Å². The number of carbonyl (C=O) groups excluding carboxylic acids is 1. The Hall–Kier alpha value is -2.64. The summed E-state index contributed by atoms with van der Waals surface area (Å²) in [6, 6.07) is 8.02. The number of amides is 1. The lowest BCUT2D eigenvalue weighted by Gasteiger charge is -2.39. The quantitative estimate of drug-likeness (QED) is 0.793. The number of halogens is 4. The molecular formula is C17H14F4N2O2. The number of nitrogens with zero attached hydrogens (tertiary/aromatic N) is 2. The number of alkyl halides is 3. The van der Waals surface area contributed by atoms with Crippen molar-refractivity contribution < 1.29 is 27.1 Å². The van der Waals surface area contributed by atoms with Gasteiger partial charge in [-0.15, -0.1) is 0 Å². The van der Waals surface area contributed by atoms with Gasteiger partial charge in [0.1, 0.15) is 17.5 Å². The van der Waals surface area contributed by atoms with Crippen molar-refractivity contribution in [1.29, 1.82) is 0 Å². The number of aromatic nitrogens is 1. The zero-order valence-electron chi connectivity index (χ0n) is 13.0. The molecule has 2 heterocycles. The summed E-state index contributed by atoms with van der Waals surface area (Å²) in [5.74, 6) is -1.27. The molecule has 4 nitrogen and oxygen atoms in total. The van der Waals surface area contributed by atoms with Gasteiger partial charge in [-0.2, -0.15) is 13.2 Å². The summed E-state index contributed by atoms with van der Waals surface area (Å²) in [5, 5.41) is 0. The van der Waals surface area contributed by atoms with E-state index >= 15 is 0 Å². The Kier molecular flexibility index (Phi) is 4.61. The van der Waals surface area contributed by atoms with E-state index in [0.29, 0.717) is 0 Å². The average molecular weight is 354 g/mol. The van der Waals surface area contributed by atoms with E-state index in [9.17, 15) is 22.4 Å². The predicted octanol–water partition coefficient (Wildman–Crippen LogP) is 3.07. The number of ether oxygens (including phenoxy) is 1. The highest BCUT2D eigenvalue weighted by Crippen LogP contribution is 2.35. The fraction of sp³-hybridized carbons (Fsp3) is 0.294. The molecule has 1 aliphatic rings. The molecule has 2 aromatic rings. The van der Waals surface area contributed by atoms with E-state index in [4.69, 9.17) is 4.74 Å². The molecule has 0 spiro atoms. The third-order valence-corrected chi connectivity index (χ3v) is 3.86. The zero-order valence-corrected chi connectivity index (χ0v) is 13.0. The molecule has 8 heteroatoms. The normalized spacial score (nSPS) is 15.0. The lowest BCUT2D eigenvalue weighted by molar-refractivity contribution is -0.144. The number of benzene rings is 1. The monoisotopic (exact) mass is 354 g/mol. The molecule has 0 radical (unpaired) electrons. The molecule has 25 heavy (non-hydrogen) atoms. The molecule has 1 aliphatic heterocycles. The third kappa shape index (κ3) is 3.89. The summed E-state index contributed by atoms with van der Waals surface area (Å²) in [6.07, 6.45) is -4.02. The van der Waals surface area contributed by atoms with E-state index in [1.54, 1.807) is 6.07 Å². The minimum Gasteiger partial charge on any atom is -0.470 e. The Morgan fingerprint density at radius 1 is 1.20 bits per heavy atom. The number of hydrogen-bond acceptors (Lipinski definition) is 3. The van der Waals surface area contributed by atoms with Gasteiger partial charge in [0.05, 0.1) is 19.5 Å². The fourth-order valence-corrected chi connectivity index (χ4v) is 2.49. The molecule has 1 fully saturated rings. The van der Waals surface area contributed by atoms with Crippen LogP contribution in [0.15, 0.2) is 42.6 Å². The van der Waals surface area contributed by atoms with Gasteiger partial charge in [0, 0.05) is 6.20 Å². The van der Waals surface area contributed by atoms with Gasteiger partial charge in [-0.3, -0.25) is 4.79 Å². The van der Waals surface area contributed by atoms with E-state index < -0.39 is 29.5 Å². The molecule has 0 bridgehead atoms. The van der Waals surface area contributed by atoms with Crippen molar-refractivity contribution in [3.8, 4) is 5.88 Å². The number of carbonyl (C=O) groups is 1. The first-order valence-electron chi connectivity index (χ1n) is 7.54. The van der Waals surface area contributed by atoms with Crippen LogP contribution in [-0.2, 0) is 17.4 Å². The van der Waals surface area contributed by atoms with E-state index in [0.717, 1.165) is 6.07 Å². The van der Waals surface area contributed by atoms with Crippen molar-refractivity contribution in [2.45, 2.75) is 18.7 Å². The van der Waals surface area contributed by atoms with Crippen LogP contribution in [0.1, 0.15) is 11.1 Å². The van der Waals surface area contributed by atoms with E-state index in [-0.39, 0.29) is 31.0 Å². The Balaban J connectivity index is 1.57. The molecule has 1 aromatic heterocycles. The number of rotatable bonds is 4. The van der Waals surface area contributed by atoms with Crippen LogP contribution in [0.4, 0.5) is 17.6 Å². The van der Waals surface area contributed by atoms with Crippen LogP contribution in [0, 0.1) is 5.82 Å². The van der Waals surface area contributed by atoms with Crippen LogP contribution in [0.25, 0.3) is 0 Å². The zero-order chi connectivity index (χ0) is 18.0. The first-order valence-corrected chi connectivity index (χ1v) is 7.54. The highest BCUT2D eigenvalue weighted by Gasteiger charge is 2.38. The van der Waals surface area contributed by atoms with E-state index in [1.165, 1.54) is 35.4 Å². The summed E-state index contributed by atoms with van der Waals surface area (Å²) in [6.45, 7) is 0.280. The van der Waals surface area contributed by atoms with Crippen molar-refractivity contribution >= 4 is 5.91 Å². The van der Waals surface area contributed by atoms with Gasteiger partial charge in [-0.05, 0) is 23.8 Å². The SMILES string of the molecule is O=C(Cc1ccccc1F)N1CC(Oc2ncccc2C(F)(F)F)C1. The van der Waals surface area contributed by atoms with Gasteiger partial charge in [-0.1, -0.05) is 18.2 Å². The molecule has 0 saturated carbocycles. The minimum absolute atomic E-state index is 0.100. The maximum Gasteiger partial charge on any atom is 0.421 e. The highest BCUT2D eigenvalue weighted by molar-refractivity contribution is 5.79. The molecule has 1 saturated heterocycles. The maximum absolute atomic E-state index is 13.5. The molecule has 1 aromatic carbocycles. The first-order chi connectivity index (χ1) is 11.8. The third-order valence-electron chi connectivity index (χ3n) is 3.86. The molecular weight excluding hydrogens is 340 g/mol. The van der Waals surface area contributed by atoms with E-state index in [2.05, 4.69) is 4.98 Å². The largest absolute Gasteiger partial charge is 0.470 e. The average Bonchev–Trinajstić information content (AvgIpc) is 2.52. The molecule has 3 rings (SSSR count). The lowest BCUT2D eigenvalue weighted by Crippen LogP contribution is -2.56. The van der Waals surface area contributed by atoms with Gasteiger partial charge in [-0.25, -0.2) is 9.37 Å². The van der Waals surface area contributed by atoms with Gasteiger partial charge < -0.3 is 9.64 Å². The lowest BCUT2D eigenvalue weighted by atomic mass is 10.1. The summed E-state index contributed by atoms with van der Waals surface area (Å²) >= 11 is 0. The summed E-state index contributed by atoms with van der Waals surface area (Å²) in [7, 11) is 0. The predicted molar refractivity (Wildman–Crippen MR) is 80.3 cm³/mol. The molecule has 0 aliphatic carbocycles. The topological polar surface area (TPSA) is 42.4 Å². The second-order valence-electron chi connectivity index (χ2n) is 5.66. The van der Waals surface area contributed by atoms with Crippen LogP contribution in [-0.4, -0.2) is 35.0 Å². The van der Waals surface area contributed by atoms with Crippen LogP contribution in [0.3, 0.4) is 0 Å². The van der Waals surface area contributed by atoms with Crippen molar-refractivity contribution in [2.24, 2.45) is 0 Å². The van der Waals surface area contributed by atoms with Gasteiger partial charge in [0.15, 0.2) is 0 Å². The number of hydrogen-bond donors (Lipinski definition) is 0. The van der Waals surface area contributed by atoms with Crippen molar-refractivity contribution in [2.75, 3.05) is 13.1 Å². The second kappa shape index (κ2) is 6.70. The number of pyridine rings is 1. The van der Waals surface area contributed by atoms with Crippen molar-refractivity contribution in [3.63, 3.8) is 0 Å². The van der Waals surface area contributed by atoms with Crippen LogP contribution < -0.4 is 4.74 Å². The summed E-state index contributed by atoms with van der Waals surface area (Å²) < 4.78 is 57.5. The van der Waals surface area contributed by atoms with Gasteiger partial charge in [0.2, 0.25) is 11.8 Å². The number of likely N-dealkylation sites (tertiary alicyclic amines) is 1. The maximum atomic E-state index is 13.5. The van der Waals surface area contributed by atoms with Crippen LogP contribution in [0.2, 0.25) is 0 Å². The molecule has 0 atom stereocenters. The Bertz CT molecular complexity index is 773. The highest BCUT2D eigenvalue weighted by atomic mass is 19.4. The first kappa shape index (κ1) is 17.2. The van der Waals surface area contributed by atoms with Crippen molar-refractivity contribution in [1.82, 2.24) is 9.88 Å². The second-order valence-corrected chi connectivity index (χ2v) is 5.66. The smallest absolute Gasteiger partial charge is 0.421 e. The Labute approximate surface area is 141 Å². The van der Waals surface area contributed by atoms with Gasteiger partial charge in [0.25, 0.3) is 0 Å². The van der Waals surface area contributed by atoms with Crippen molar-refractivity contribution in [3.05, 3.63) is 59.5 Å². The minimum atomic E-state index is -4.56. The van der Waals surface area contributed by atoms with E-state index in [1.807, 2.05) is 0 Å². The Morgan fingerprint density at radius 3 is 2.60 bits per heavy atom. The van der Waals surface area contributed by atoms with Crippen LogP contribution >= 0.6 is 0 Å². The molecule has 1 amide bonds. The summed E-state index contributed by atoms with van der Waals surface area (Å²) in [5.41, 5.74) is -0.674. The molecule has 0 N–H and O–H groups in total. The van der Waals surface area contributed by atoms with Gasteiger partial charge >= 0.3 is 6.18 Å². The Morgan fingerprint density at radius 2 is 1.92 bits per heavy atom. The molecule has 132 valence electrons. The summed E-state index contributed by atoms with van der Waals surface area (Å²) in [4.78, 5) is 17.1.